The normalized spacial score (nSPS) is 10.4. The van der Waals surface area contributed by atoms with Crippen LogP contribution in [0, 0.1) is 6.07 Å². The highest BCUT2D eigenvalue weighted by atomic mass is 14.7. The van der Waals surface area contributed by atoms with Gasteiger partial charge in [-0.1, -0.05) is 19.9 Å². The lowest BCUT2D eigenvalue weighted by atomic mass is 10.1. The molecule has 0 aliphatic heterocycles. The van der Waals surface area contributed by atoms with Gasteiger partial charge in [0.15, 0.2) is 0 Å². The van der Waals surface area contributed by atoms with Gasteiger partial charge in [0.2, 0.25) is 0 Å². The Labute approximate surface area is 96.4 Å². The molecular formula is C14H15N2. The van der Waals surface area contributed by atoms with Crippen molar-refractivity contribution >= 4 is 0 Å². The van der Waals surface area contributed by atoms with Crippen molar-refractivity contribution in [1.29, 1.82) is 0 Å². The maximum atomic E-state index is 4.39. The first kappa shape index (κ1) is 10.8. The fourth-order valence-corrected chi connectivity index (χ4v) is 1.57. The average molecular weight is 211 g/mol. The summed E-state index contributed by atoms with van der Waals surface area (Å²) in [7, 11) is 0. The summed E-state index contributed by atoms with van der Waals surface area (Å²) in [5.41, 5.74) is 4.29. The maximum Gasteiger partial charge on any atom is 0.0486 e. The van der Waals surface area contributed by atoms with E-state index in [0.29, 0.717) is 0 Å². The standard InChI is InChI=1S/C14H15N2/c1-3-13-6-5-12(10-16-13)11-7-8-15-14(4-2)9-11/h5-8,10H,3-4H2,1-2H3. The Morgan fingerprint density at radius 3 is 2.56 bits per heavy atom. The number of aromatic nitrogens is 2. The second kappa shape index (κ2) is 4.88. The molecule has 2 aromatic heterocycles. The Bertz CT molecular complexity index is 460. The smallest absolute Gasteiger partial charge is 0.0486 e. The number of rotatable bonds is 3. The Morgan fingerprint density at radius 1 is 1.06 bits per heavy atom. The lowest BCUT2D eigenvalue weighted by Crippen LogP contribution is -1.90. The van der Waals surface area contributed by atoms with Crippen molar-refractivity contribution in [3.8, 4) is 11.1 Å². The second-order valence-electron chi connectivity index (χ2n) is 3.68. The van der Waals surface area contributed by atoms with Crippen molar-refractivity contribution in [2.45, 2.75) is 26.7 Å². The SMILES string of the molecule is CCc1[c]c(-c2ccc(CC)nc2)ccn1. The predicted octanol–water partition coefficient (Wildman–Crippen LogP) is 3.07. The van der Waals surface area contributed by atoms with Gasteiger partial charge in [-0.05, 0) is 30.5 Å². The third-order valence-electron chi connectivity index (χ3n) is 2.58. The molecule has 0 atom stereocenters. The summed E-state index contributed by atoms with van der Waals surface area (Å²) in [6.45, 7) is 4.19. The number of pyridine rings is 2. The molecule has 2 rings (SSSR count). The van der Waals surface area contributed by atoms with E-state index >= 15 is 0 Å². The van der Waals surface area contributed by atoms with Gasteiger partial charge in [0, 0.05) is 35.4 Å². The average Bonchev–Trinajstić information content (AvgIpc) is 2.39. The summed E-state index contributed by atoms with van der Waals surface area (Å²) in [6, 6.07) is 9.43. The van der Waals surface area contributed by atoms with Crippen LogP contribution in [0.5, 0.6) is 0 Å². The van der Waals surface area contributed by atoms with Gasteiger partial charge in [-0.3, -0.25) is 9.97 Å². The molecule has 1 radical (unpaired) electrons. The van der Waals surface area contributed by atoms with Crippen molar-refractivity contribution in [1.82, 2.24) is 9.97 Å². The van der Waals surface area contributed by atoms with Crippen molar-refractivity contribution in [3.05, 3.63) is 48.0 Å². The van der Waals surface area contributed by atoms with E-state index < -0.39 is 0 Å². The van der Waals surface area contributed by atoms with Crippen LogP contribution in [0.25, 0.3) is 11.1 Å². The molecule has 0 fully saturated rings. The van der Waals surface area contributed by atoms with E-state index in [1.165, 1.54) is 0 Å². The van der Waals surface area contributed by atoms with Gasteiger partial charge in [0.05, 0.1) is 0 Å². The zero-order valence-corrected chi connectivity index (χ0v) is 9.70. The molecule has 2 heterocycles. The summed E-state index contributed by atoms with van der Waals surface area (Å²) in [4.78, 5) is 8.63. The van der Waals surface area contributed by atoms with Crippen LogP contribution >= 0.6 is 0 Å². The highest BCUT2D eigenvalue weighted by molar-refractivity contribution is 5.61. The van der Waals surface area contributed by atoms with E-state index in [0.717, 1.165) is 35.4 Å². The molecule has 16 heavy (non-hydrogen) atoms. The number of hydrogen-bond donors (Lipinski definition) is 0. The Balaban J connectivity index is 2.34. The number of aryl methyl sites for hydroxylation is 2. The van der Waals surface area contributed by atoms with Gasteiger partial charge < -0.3 is 0 Å². The molecule has 0 N–H and O–H groups in total. The monoisotopic (exact) mass is 211 g/mol. The molecule has 0 amide bonds. The summed E-state index contributed by atoms with van der Waals surface area (Å²) < 4.78 is 0. The summed E-state index contributed by atoms with van der Waals surface area (Å²) in [5, 5.41) is 0. The molecule has 2 nitrogen and oxygen atoms in total. The third kappa shape index (κ3) is 2.27. The third-order valence-corrected chi connectivity index (χ3v) is 2.58. The quantitative estimate of drug-likeness (QED) is 0.779. The predicted molar refractivity (Wildman–Crippen MR) is 65.1 cm³/mol. The van der Waals surface area contributed by atoms with E-state index in [2.05, 4.69) is 42.0 Å². The molecule has 0 bridgehead atoms. The molecule has 2 aromatic rings. The van der Waals surface area contributed by atoms with Gasteiger partial charge >= 0.3 is 0 Å². The number of nitrogens with zero attached hydrogens (tertiary/aromatic N) is 2. The Hall–Kier alpha value is -1.70. The highest BCUT2D eigenvalue weighted by Gasteiger charge is 2.00. The first-order chi connectivity index (χ1) is 7.83. The molecule has 0 saturated carbocycles. The molecule has 0 aliphatic carbocycles. The minimum Gasteiger partial charge on any atom is -0.261 e. The van der Waals surface area contributed by atoms with Gasteiger partial charge in [-0.2, -0.15) is 0 Å². The van der Waals surface area contributed by atoms with E-state index in [-0.39, 0.29) is 0 Å². The highest BCUT2D eigenvalue weighted by Crippen LogP contribution is 2.18. The van der Waals surface area contributed by atoms with Gasteiger partial charge in [0.1, 0.15) is 0 Å². The first-order valence-corrected chi connectivity index (χ1v) is 5.66. The fourth-order valence-electron chi connectivity index (χ4n) is 1.57. The topological polar surface area (TPSA) is 25.8 Å². The van der Waals surface area contributed by atoms with Crippen molar-refractivity contribution in [2.24, 2.45) is 0 Å². The van der Waals surface area contributed by atoms with Gasteiger partial charge in [0.25, 0.3) is 0 Å². The molecule has 0 unspecified atom stereocenters. The van der Waals surface area contributed by atoms with Crippen LogP contribution in [-0.4, -0.2) is 9.97 Å². The number of hydrogen-bond acceptors (Lipinski definition) is 2. The molecule has 0 aliphatic rings. The lowest BCUT2D eigenvalue weighted by Gasteiger charge is -2.03. The molecule has 0 saturated heterocycles. The summed E-state index contributed by atoms with van der Waals surface area (Å²) in [5.74, 6) is 0. The molecule has 0 aromatic carbocycles. The van der Waals surface area contributed by atoms with E-state index in [4.69, 9.17) is 0 Å². The van der Waals surface area contributed by atoms with Gasteiger partial charge in [-0.15, -0.1) is 0 Å². The summed E-state index contributed by atoms with van der Waals surface area (Å²) >= 11 is 0. The van der Waals surface area contributed by atoms with Crippen LogP contribution in [0.1, 0.15) is 25.2 Å². The molecular weight excluding hydrogens is 196 g/mol. The Morgan fingerprint density at radius 2 is 1.94 bits per heavy atom. The fraction of sp³-hybridized carbons (Fsp3) is 0.286. The minimum atomic E-state index is 0.911. The van der Waals surface area contributed by atoms with E-state index in [9.17, 15) is 0 Å². The summed E-state index contributed by atoms with van der Waals surface area (Å²) in [6.07, 6.45) is 5.62. The van der Waals surface area contributed by atoms with Crippen LogP contribution in [0.4, 0.5) is 0 Å². The molecule has 81 valence electrons. The van der Waals surface area contributed by atoms with Crippen molar-refractivity contribution in [2.75, 3.05) is 0 Å². The molecule has 2 heteroatoms. The van der Waals surface area contributed by atoms with Crippen LogP contribution in [0.2, 0.25) is 0 Å². The van der Waals surface area contributed by atoms with E-state index in [1.807, 2.05) is 18.5 Å². The maximum absolute atomic E-state index is 4.39. The molecule has 0 spiro atoms. The van der Waals surface area contributed by atoms with Gasteiger partial charge in [-0.25, -0.2) is 0 Å². The second-order valence-corrected chi connectivity index (χ2v) is 3.68. The first-order valence-electron chi connectivity index (χ1n) is 5.66. The van der Waals surface area contributed by atoms with Crippen LogP contribution in [0.3, 0.4) is 0 Å². The largest absolute Gasteiger partial charge is 0.261 e. The Kier molecular flexibility index (Phi) is 3.30. The van der Waals surface area contributed by atoms with Crippen LogP contribution < -0.4 is 0 Å². The van der Waals surface area contributed by atoms with E-state index in [1.54, 1.807) is 0 Å². The van der Waals surface area contributed by atoms with Crippen LogP contribution in [0.15, 0.2) is 30.6 Å². The van der Waals surface area contributed by atoms with Crippen molar-refractivity contribution < 1.29 is 0 Å². The zero-order valence-electron chi connectivity index (χ0n) is 9.70. The minimum absolute atomic E-state index is 0.911. The van der Waals surface area contributed by atoms with Crippen LogP contribution in [-0.2, 0) is 12.8 Å². The lowest BCUT2D eigenvalue weighted by molar-refractivity contribution is 1.03. The van der Waals surface area contributed by atoms with Crippen molar-refractivity contribution in [3.63, 3.8) is 0 Å². The zero-order chi connectivity index (χ0) is 11.4.